The van der Waals surface area contributed by atoms with Gasteiger partial charge in [-0.1, -0.05) is 30.3 Å². The molecule has 1 aromatic heterocycles. The fraction of sp³-hybridized carbons (Fsp3) is 0.312. The molecule has 2 aromatic rings. The average Bonchev–Trinajstić information content (AvgIpc) is 2.61. The number of carbonyl (C=O) groups is 2. The fourth-order valence-electron chi connectivity index (χ4n) is 2.59. The van der Waals surface area contributed by atoms with Gasteiger partial charge in [-0.25, -0.2) is 0 Å². The summed E-state index contributed by atoms with van der Waals surface area (Å²) < 4.78 is 0. The number of halogens is 1. The highest BCUT2D eigenvalue weighted by molar-refractivity contribution is 6.28. The van der Waals surface area contributed by atoms with Gasteiger partial charge >= 0.3 is 0 Å². The number of hydrogen-bond donors (Lipinski definition) is 4. The van der Waals surface area contributed by atoms with Crippen molar-refractivity contribution < 1.29 is 9.59 Å². The Morgan fingerprint density at radius 1 is 1.15 bits per heavy atom. The molecule has 0 saturated carbocycles. The predicted molar refractivity (Wildman–Crippen MR) is 96.6 cm³/mol. The summed E-state index contributed by atoms with van der Waals surface area (Å²) in [6, 6.07) is 7.93. The largest absolute Gasteiger partial charge is 0.368 e. The Morgan fingerprint density at radius 3 is 2.62 bits per heavy atom. The molecule has 2 amide bonds. The fourth-order valence-corrected chi connectivity index (χ4v) is 2.75. The number of amides is 2. The number of rotatable bonds is 3. The van der Waals surface area contributed by atoms with Crippen LogP contribution in [0.15, 0.2) is 30.3 Å². The Labute approximate surface area is 154 Å². The van der Waals surface area contributed by atoms with Crippen LogP contribution in [0, 0.1) is 0 Å². The molecule has 0 aliphatic carbocycles. The van der Waals surface area contributed by atoms with E-state index in [1.54, 1.807) is 0 Å². The van der Waals surface area contributed by atoms with E-state index in [-0.39, 0.29) is 29.5 Å². The molecule has 0 radical (unpaired) electrons. The molecule has 3 rings (SSSR count). The number of nitrogens with two attached hydrogens (primary N) is 1. The van der Waals surface area contributed by atoms with Crippen LogP contribution in [0.2, 0.25) is 5.28 Å². The second-order valence-corrected chi connectivity index (χ2v) is 6.16. The van der Waals surface area contributed by atoms with Gasteiger partial charge in [0.15, 0.2) is 0 Å². The first-order valence-corrected chi connectivity index (χ1v) is 8.44. The van der Waals surface area contributed by atoms with Crippen LogP contribution in [0.25, 0.3) is 0 Å². The third-order valence-electron chi connectivity index (χ3n) is 3.89. The lowest BCUT2D eigenvalue weighted by Crippen LogP contribution is -2.51. The van der Waals surface area contributed by atoms with E-state index in [1.807, 2.05) is 30.3 Å². The summed E-state index contributed by atoms with van der Waals surface area (Å²) in [6.07, 6.45) is 0.655. The van der Waals surface area contributed by atoms with Gasteiger partial charge in [0.25, 0.3) is 0 Å². The number of hydrogen-bond acceptors (Lipinski definition) is 7. The van der Waals surface area contributed by atoms with E-state index in [0.29, 0.717) is 13.0 Å². The number of anilines is 2. The van der Waals surface area contributed by atoms with Crippen LogP contribution in [0.1, 0.15) is 12.0 Å². The number of nitrogens with zero attached hydrogens (tertiary/aromatic N) is 3. The minimum absolute atomic E-state index is 0.00503. The van der Waals surface area contributed by atoms with Crippen molar-refractivity contribution in [3.63, 3.8) is 0 Å². The molecular formula is C16H18ClN7O2. The molecule has 136 valence electrons. The van der Waals surface area contributed by atoms with E-state index in [1.165, 1.54) is 0 Å². The van der Waals surface area contributed by atoms with Gasteiger partial charge in [0.2, 0.25) is 29.0 Å². The minimum atomic E-state index is -0.810. The Morgan fingerprint density at radius 2 is 1.88 bits per heavy atom. The number of nitrogens with one attached hydrogen (secondary N) is 3. The van der Waals surface area contributed by atoms with E-state index in [0.717, 1.165) is 5.56 Å². The molecule has 0 saturated heterocycles. The highest BCUT2D eigenvalue weighted by Gasteiger charge is 2.26. The zero-order valence-corrected chi connectivity index (χ0v) is 14.5. The molecule has 2 heterocycles. The Balaban J connectivity index is 1.91. The van der Waals surface area contributed by atoms with Gasteiger partial charge in [0.05, 0.1) is 0 Å². The molecule has 1 aromatic carbocycles. The summed E-state index contributed by atoms with van der Waals surface area (Å²) in [4.78, 5) is 36.6. The normalized spacial score (nSPS) is 20.1. The number of fused-ring (bicyclic) bond motifs is 2. The zero-order valence-electron chi connectivity index (χ0n) is 13.8. The summed E-state index contributed by atoms with van der Waals surface area (Å²) in [7, 11) is 0. The highest BCUT2D eigenvalue weighted by atomic mass is 35.5. The summed E-state index contributed by atoms with van der Waals surface area (Å²) in [6.45, 7) is 0.330. The van der Waals surface area contributed by atoms with Crippen molar-refractivity contribution in [2.75, 3.05) is 17.2 Å². The third kappa shape index (κ3) is 4.57. The van der Waals surface area contributed by atoms with Gasteiger partial charge < -0.3 is 21.7 Å². The SMILES string of the molecule is NC(=O)[C@H]1CCNc2nc(Cl)nc(n2)N[C@@H](Cc2ccccc2)C(=O)N1. The van der Waals surface area contributed by atoms with E-state index in [2.05, 4.69) is 30.9 Å². The second kappa shape index (κ2) is 7.96. The maximum absolute atomic E-state index is 12.7. The lowest BCUT2D eigenvalue weighted by atomic mass is 10.0. The molecule has 0 unspecified atom stereocenters. The summed E-state index contributed by atoms with van der Waals surface area (Å²) in [5.41, 5.74) is 6.34. The van der Waals surface area contributed by atoms with E-state index in [9.17, 15) is 9.59 Å². The first-order valence-electron chi connectivity index (χ1n) is 8.07. The minimum Gasteiger partial charge on any atom is -0.368 e. The van der Waals surface area contributed by atoms with Crippen molar-refractivity contribution in [2.45, 2.75) is 24.9 Å². The molecule has 0 spiro atoms. The van der Waals surface area contributed by atoms with E-state index >= 15 is 0 Å². The van der Waals surface area contributed by atoms with Crippen molar-refractivity contribution in [3.8, 4) is 0 Å². The molecular weight excluding hydrogens is 358 g/mol. The highest BCUT2D eigenvalue weighted by Crippen LogP contribution is 2.14. The third-order valence-corrected chi connectivity index (χ3v) is 4.06. The predicted octanol–water partition coefficient (Wildman–Crippen LogP) is 0.334. The van der Waals surface area contributed by atoms with Gasteiger partial charge in [-0.3, -0.25) is 9.59 Å². The van der Waals surface area contributed by atoms with Crippen molar-refractivity contribution in [2.24, 2.45) is 5.73 Å². The van der Waals surface area contributed by atoms with E-state index in [4.69, 9.17) is 17.3 Å². The maximum atomic E-state index is 12.7. The molecule has 26 heavy (non-hydrogen) atoms. The number of primary amides is 1. The van der Waals surface area contributed by atoms with Crippen LogP contribution < -0.4 is 21.7 Å². The summed E-state index contributed by atoms with van der Waals surface area (Å²) in [5, 5.41) is 8.58. The van der Waals surface area contributed by atoms with Crippen LogP contribution >= 0.6 is 11.6 Å². The van der Waals surface area contributed by atoms with Gasteiger partial charge in [-0.15, -0.1) is 0 Å². The number of carbonyl (C=O) groups excluding carboxylic acids is 2. The zero-order chi connectivity index (χ0) is 18.5. The lowest BCUT2D eigenvalue weighted by Gasteiger charge is -2.21. The van der Waals surface area contributed by atoms with Crippen molar-refractivity contribution >= 4 is 35.3 Å². The molecule has 9 nitrogen and oxygen atoms in total. The Hall–Kier alpha value is -2.94. The standard InChI is InChI=1S/C16H18ClN7O2/c17-14-22-15-19-7-6-10(12(18)25)20-13(26)11(21-16(23-14)24-15)8-9-4-2-1-3-5-9/h1-5,10-11H,6-8H2,(H2,18,25)(H,20,26)(H2,19,21,22,23,24)/t10-,11+/m1/s1. The van der Waals surface area contributed by atoms with Gasteiger partial charge in [-0.05, 0) is 23.6 Å². The monoisotopic (exact) mass is 375 g/mol. The molecule has 5 N–H and O–H groups in total. The molecule has 1 aliphatic heterocycles. The quantitative estimate of drug-likeness (QED) is 0.607. The van der Waals surface area contributed by atoms with Crippen LogP contribution in [0.4, 0.5) is 11.9 Å². The Bertz CT molecular complexity index is 802. The van der Waals surface area contributed by atoms with Crippen LogP contribution in [0.5, 0.6) is 0 Å². The van der Waals surface area contributed by atoms with Crippen molar-refractivity contribution in [3.05, 3.63) is 41.2 Å². The lowest BCUT2D eigenvalue weighted by molar-refractivity contribution is -0.127. The smallest absolute Gasteiger partial charge is 0.243 e. The van der Waals surface area contributed by atoms with Crippen molar-refractivity contribution in [1.29, 1.82) is 0 Å². The Kier molecular flexibility index (Phi) is 5.47. The summed E-state index contributed by atoms with van der Waals surface area (Å²) >= 11 is 5.93. The van der Waals surface area contributed by atoms with Crippen LogP contribution in [0.3, 0.4) is 0 Å². The average molecular weight is 376 g/mol. The van der Waals surface area contributed by atoms with Gasteiger partial charge in [-0.2, -0.15) is 15.0 Å². The first-order chi connectivity index (χ1) is 12.5. The second-order valence-electron chi connectivity index (χ2n) is 5.82. The molecule has 0 fully saturated rings. The maximum Gasteiger partial charge on any atom is 0.243 e. The summed E-state index contributed by atoms with van der Waals surface area (Å²) in [5.74, 6) is -0.566. The topological polar surface area (TPSA) is 135 Å². The molecule has 2 bridgehead atoms. The van der Waals surface area contributed by atoms with Crippen LogP contribution in [-0.4, -0.2) is 45.4 Å². The number of benzene rings is 1. The van der Waals surface area contributed by atoms with Gasteiger partial charge in [0, 0.05) is 13.0 Å². The first kappa shape index (κ1) is 17.9. The molecule has 10 heteroatoms. The van der Waals surface area contributed by atoms with Crippen LogP contribution in [-0.2, 0) is 16.0 Å². The van der Waals surface area contributed by atoms with Crippen molar-refractivity contribution in [1.82, 2.24) is 20.3 Å². The number of aromatic nitrogens is 3. The van der Waals surface area contributed by atoms with E-state index < -0.39 is 18.0 Å². The molecule has 2 atom stereocenters. The van der Waals surface area contributed by atoms with Gasteiger partial charge in [0.1, 0.15) is 12.1 Å². The molecule has 1 aliphatic rings.